The summed E-state index contributed by atoms with van der Waals surface area (Å²) in [6.07, 6.45) is 14.2. The average Bonchev–Trinajstić information content (AvgIpc) is 2.89. The lowest BCUT2D eigenvalue weighted by molar-refractivity contribution is -0.220. The number of phosphoric ester groups is 1. The van der Waals surface area contributed by atoms with Crippen molar-refractivity contribution in [2.24, 2.45) is 0 Å². The molecule has 3 unspecified atom stereocenters. The molecule has 1 saturated carbocycles. The van der Waals surface area contributed by atoms with Crippen LogP contribution in [0.3, 0.4) is 0 Å². The van der Waals surface area contributed by atoms with Gasteiger partial charge in [0.2, 0.25) is 0 Å². The largest absolute Gasteiger partial charge is 0.472 e. The minimum absolute atomic E-state index is 0.0284. The van der Waals surface area contributed by atoms with Gasteiger partial charge in [-0.05, 0) is 6.42 Å². The number of rotatable bonds is 24. The van der Waals surface area contributed by atoms with Gasteiger partial charge in [-0.15, -0.1) is 0 Å². The summed E-state index contributed by atoms with van der Waals surface area (Å²) in [4.78, 5) is 9.86. The summed E-state index contributed by atoms with van der Waals surface area (Å²) in [5.41, 5.74) is 0. The number of aliphatic hydroxyl groups is 5. The van der Waals surface area contributed by atoms with Crippen LogP contribution in [0.5, 0.6) is 0 Å². The first-order valence-electron chi connectivity index (χ1n) is 15.3. The third kappa shape index (κ3) is 15.6. The standard InChI is InChI=1S/C28H57O9P/c1-2-3-4-5-6-7-8-9-10-11-12-13-14-15-16-17-18-19-20-21-22-36-38(34,35)37-28-26(32)24(30)23(29)25(31)27(28)33/h23-33H,2-22H2,1H3,(H,34,35)/t23?,24-,25+,26-,27-,28?/m0/s1. The Morgan fingerprint density at radius 3 is 1.13 bits per heavy atom. The molecule has 1 rings (SSSR count). The number of unbranched alkanes of at least 4 members (excludes halogenated alkanes) is 19. The van der Waals surface area contributed by atoms with E-state index in [0.29, 0.717) is 6.42 Å². The predicted molar refractivity (Wildman–Crippen MR) is 149 cm³/mol. The highest BCUT2D eigenvalue weighted by atomic mass is 31.2. The molecule has 1 fully saturated rings. The molecule has 0 spiro atoms. The van der Waals surface area contributed by atoms with E-state index in [9.17, 15) is 35.0 Å². The van der Waals surface area contributed by atoms with Crippen molar-refractivity contribution in [1.29, 1.82) is 0 Å². The molecule has 0 aromatic carbocycles. The van der Waals surface area contributed by atoms with Gasteiger partial charge in [0.1, 0.15) is 36.6 Å². The van der Waals surface area contributed by atoms with Crippen molar-refractivity contribution in [2.75, 3.05) is 6.61 Å². The molecule has 0 amide bonds. The summed E-state index contributed by atoms with van der Waals surface area (Å²) in [5.74, 6) is 0. The quantitative estimate of drug-likeness (QED) is 0.0686. The highest BCUT2D eigenvalue weighted by Gasteiger charge is 2.51. The second kappa shape index (κ2) is 21.6. The van der Waals surface area contributed by atoms with Crippen LogP contribution in [0.2, 0.25) is 0 Å². The van der Waals surface area contributed by atoms with Crippen LogP contribution in [-0.2, 0) is 13.6 Å². The normalized spacial score (nSPS) is 27.4. The van der Waals surface area contributed by atoms with E-state index < -0.39 is 44.4 Å². The molecule has 1 aliphatic rings. The lowest BCUT2D eigenvalue weighted by Crippen LogP contribution is -2.64. The Bertz CT molecular complexity index is 593. The topological polar surface area (TPSA) is 157 Å². The first-order chi connectivity index (χ1) is 18.2. The third-order valence-corrected chi connectivity index (χ3v) is 8.60. The third-order valence-electron chi connectivity index (χ3n) is 7.58. The zero-order valence-corrected chi connectivity index (χ0v) is 24.6. The first kappa shape index (κ1) is 35.9. The summed E-state index contributed by atoms with van der Waals surface area (Å²) in [6.45, 7) is 2.24. The van der Waals surface area contributed by atoms with Crippen LogP contribution in [0, 0.1) is 0 Å². The fourth-order valence-electron chi connectivity index (χ4n) is 5.04. The van der Waals surface area contributed by atoms with Crippen LogP contribution in [0.15, 0.2) is 0 Å². The van der Waals surface area contributed by atoms with Gasteiger partial charge in [-0.2, -0.15) is 0 Å². The van der Waals surface area contributed by atoms with Gasteiger partial charge < -0.3 is 30.4 Å². The lowest BCUT2D eigenvalue weighted by Gasteiger charge is -2.41. The molecule has 6 N–H and O–H groups in total. The Labute approximate surface area is 230 Å². The Hall–Kier alpha value is -0.0900. The van der Waals surface area contributed by atoms with Gasteiger partial charge in [0.05, 0.1) is 6.61 Å². The van der Waals surface area contributed by atoms with Gasteiger partial charge in [-0.1, -0.05) is 129 Å². The molecule has 0 bridgehead atoms. The Morgan fingerprint density at radius 2 is 0.789 bits per heavy atom. The fourth-order valence-corrected chi connectivity index (χ4v) is 6.02. The van der Waals surface area contributed by atoms with Gasteiger partial charge in [0, 0.05) is 0 Å². The molecular formula is C28H57O9P. The van der Waals surface area contributed by atoms with Crippen LogP contribution in [0.4, 0.5) is 0 Å². The molecule has 0 saturated heterocycles. The molecule has 228 valence electrons. The van der Waals surface area contributed by atoms with Crippen molar-refractivity contribution >= 4 is 7.82 Å². The van der Waals surface area contributed by atoms with E-state index in [4.69, 9.17) is 9.05 Å². The summed E-state index contributed by atoms with van der Waals surface area (Å²) < 4.78 is 21.8. The minimum atomic E-state index is -4.63. The van der Waals surface area contributed by atoms with Crippen LogP contribution in [0.1, 0.15) is 135 Å². The summed E-state index contributed by atoms with van der Waals surface area (Å²) in [6, 6.07) is 0. The van der Waals surface area contributed by atoms with E-state index in [1.54, 1.807) is 0 Å². The maximum atomic E-state index is 12.1. The molecule has 38 heavy (non-hydrogen) atoms. The average molecular weight is 569 g/mol. The number of phosphoric acid groups is 1. The monoisotopic (exact) mass is 568 g/mol. The summed E-state index contributed by atoms with van der Waals surface area (Å²) >= 11 is 0. The minimum Gasteiger partial charge on any atom is -0.387 e. The fraction of sp³-hybridized carbons (Fsp3) is 1.00. The second-order valence-corrected chi connectivity index (χ2v) is 12.4. The van der Waals surface area contributed by atoms with E-state index in [1.807, 2.05) is 0 Å². The molecule has 7 atom stereocenters. The molecular weight excluding hydrogens is 511 g/mol. The van der Waals surface area contributed by atoms with Gasteiger partial charge in [-0.3, -0.25) is 9.05 Å². The van der Waals surface area contributed by atoms with Crippen LogP contribution >= 0.6 is 7.82 Å². The van der Waals surface area contributed by atoms with Crippen molar-refractivity contribution in [3.63, 3.8) is 0 Å². The number of aliphatic hydroxyl groups excluding tert-OH is 5. The van der Waals surface area contributed by atoms with E-state index in [1.165, 1.54) is 103 Å². The van der Waals surface area contributed by atoms with Gasteiger partial charge in [0.25, 0.3) is 0 Å². The maximum absolute atomic E-state index is 12.1. The number of hydrogen-bond acceptors (Lipinski definition) is 8. The molecule has 9 nitrogen and oxygen atoms in total. The summed E-state index contributed by atoms with van der Waals surface area (Å²) in [5, 5.41) is 48.8. The molecule has 0 aromatic heterocycles. The second-order valence-electron chi connectivity index (χ2n) is 11.0. The van der Waals surface area contributed by atoms with E-state index in [0.717, 1.165) is 19.3 Å². The molecule has 0 aliphatic heterocycles. The Morgan fingerprint density at radius 1 is 0.500 bits per heavy atom. The van der Waals surface area contributed by atoms with Crippen molar-refractivity contribution in [2.45, 2.75) is 172 Å². The van der Waals surface area contributed by atoms with Crippen molar-refractivity contribution in [3.05, 3.63) is 0 Å². The highest BCUT2D eigenvalue weighted by Crippen LogP contribution is 2.47. The molecule has 0 aromatic rings. The maximum Gasteiger partial charge on any atom is 0.472 e. The molecule has 10 heteroatoms. The van der Waals surface area contributed by atoms with E-state index in [-0.39, 0.29) is 6.61 Å². The zero-order chi connectivity index (χ0) is 28.2. The van der Waals surface area contributed by atoms with E-state index >= 15 is 0 Å². The highest BCUT2D eigenvalue weighted by molar-refractivity contribution is 7.47. The van der Waals surface area contributed by atoms with Crippen molar-refractivity contribution in [3.8, 4) is 0 Å². The summed E-state index contributed by atoms with van der Waals surface area (Å²) in [7, 11) is -4.63. The molecule has 0 radical (unpaired) electrons. The Kier molecular flexibility index (Phi) is 20.5. The van der Waals surface area contributed by atoms with E-state index in [2.05, 4.69) is 6.92 Å². The van der Waals surface area contributed by atoms with Gasteiger partial charge in [0.15, 0.2) is 0 Å². The molecule has 1 aliphatic carbocycles. The smallest absolute Gasteiger partial charge is 0.387 e. The molecule has 0 heterocycles. The van der Waals surface area contributed by atoms with Crippen molar-refractivity contribution < 1.29 is 44.0 Å². The van der Waals surface area contributed by atoms with Gasteiger partial charge in [-0.25, -0.2) is 4.57 Å². The van der Waals surface area contributed by atoms with Crippen LogP contribution < -0.4 is 0 Å². The number of hydrogen-bond donors (Lipinski definition) is 6. The van der Waals surface area contributed by atoms with Crippen LogP contribution in [0.25, 0.3) is 0 Å². The van der Waals surface area contributed by atoms with Crippen molar-refractivity contribution in [1.82, 2.24) is 0 Å². The predicted octanol–water partition coefficient (Wildman–Crippen LogP) is 5.13. The van der Waals surface area contributed by atoms with Gasteiger partial charge >= 0.3 is 7.82 Å². The zero-order valence-electron chi connectivity index (χ0n) is 23.7. The first-order valence-corrected chi connectivity index (χ1v) is 16.8. The SMILES string of the molecule is CCCCCCCCCCCCCCCCCCCCCCOP(=O)(O)OC1[C@@H](O)[C@H](O)C(O)[C@H](O)[C@@H]1O. The Balaban J connectivity index is 1.91. The lowest BCUT2D eigenvalue weighted by atomic mass is 9.85. The van der Waals surface area contributed by atoms with Crippen LogP contribution in [-0.4, -0.2) is 73.7 Å².